The Bertz CT molecular complexity index is 629. The Kier molecular flexibility index (Phi) is 4.20. The molecular weight excluding hydrogens is 282 g/mol. The van der Waals surface area contributed by atoms with Crippen LogP contribution in [-0.4, -0.2) is 27.3 Å². The smallest absolute Gasteiger partial charge is 0.288 e. The van der Waals surface area contributed by atoms with Gasteiger partial charge in [-0.2, -0.15) is 0 Å². The number of carbonyl (C=O) groups excluding carboxylic acids is 1. The molecule has 1 amide bonds. The van der Waals surface area contributed by atoms with Gasteiger partial charge >= 0.3 is 0 Å². The predicted octanol–water partition coefficient (Wildman–Crippen LogP) is 1.00. The second-order valence-electron chi connectivity index (χ2n) is 3.82. The number of amides is 1. The molecule has 0 saturated carbocycles. The zero-order valence-corrected chi connectivity index (χ0v) is 11.1. The number of nitrogens with one attached hydrogen (secondary N) is 1. The molecule has 0 unspecified atom stereocenters. The molecule has 2 aromatic heterocycles. The molecule has 2 rings (SSSR count). The fraction of sp³-hybridized carbons (Fsp3) is 0.182. The molecule has 20 heavy (non-hydrogen) atoms. The molecule has 0 fully saturated rings. The van der Waals surface area contributed by atoms with Gasteiger partial charge in [0.25, 0.3) is 11.6 Å². The molecule has 0 saturated heterocycles. The van der Waals surface area contributed by atoms with Gasteiger partial charge in [-0.15, -0.1) is 11.3 Å². The number of nitrogens with zero attached hydrogens (tertiary/aromatic N) is 3. The quantitative estimate of drug-likeness (QED) is 0.626. The number of rotatable bonds is 5. The average molecular weight is 293 g/mol. The van der Waals surface area contributed by atoms with Gasteiger partial charge in [0, 0.05) is 30.6 Å². The van der Waals surface area contributed by atoms with E-state index in [1.54, 1.807) is 6.20 Å². The first-order valence-corrected chi connectivity index (χ1v) is 6.52. The van der Waals surface area contributed by atoms with Gasteiger partial charge in [0.15, 0.2) is 0 Å². The van der Waals surface area contributed by atoms with Crippen LogP contribution in [0.25, 0.3) is 0 Å². The first-order chi connectivity index (χ1) is 9.58. The van der Waals surface area contributed by atoms with Crippen molar-refractivity contribution in [3.8, 4) is 0 Å². The Balaban J connectivity index is 2.01. The van der Waals surface area contributed by atoms with Crippen molar-refractivity contribution in [2.24, 2.45) is 0 Å². The van der Waals surface area contributed by atoms with Crippen molar-refractivity contribution >= 4 is 28.7 Å². The number of nitrogens with two attached hydrogens (primary N) is 1. The van der Waals surface area contributed by atoms with Gasteiger partial charge in [0.2, 0.25) is 0 Å². The minimum Gasteiger partial charge on any atom is -0.383 e. The third-order valence-corrected chi connectivity index (χ3v) is 3.31. The van der Waals surface area contributed by atoms with Gasteiger partial charge in [0.05, 0.1) is 15.5 Å². The van der Waals surface area contributed by atoms with Crippen LogP contribution in [0.2, 0.25) is 0 Å². The Labute approximate surface area is 117 Å². The lowest BCUT2D eigenvalue weighted by atomic mass is 10.2. The lowest BCUT2D eigenvalue weighted by molar-refractivity contribution is -0.385. The summed E-state index contributed by atoms with van der Waals surface area (Å²) in [7, 11) is 0. The predicted molar refractivity (Wildman–Crippen MR) is 73.5 cm³/mol. The zero-order chi connectivity index (χ0) is 14.5. The van der Waals surface area contributed by atoms with Crippen molar-refractivity contribution in [2.75, 3.05) is 12.3 Å². The van der Waals surface area contributed by atoms with Crippen LogP contribution in [0.4, 0.5) is 11.5 Å². The van der Waals surface area contributed by atoms with Gasteiger partial charge < -0.3 is 11.1 Å². The number of anilines is 1. The van der Waals surface area contributed by atoms with Gasteiger partial charge in [-0.05, 0) is 0 Å². The maximum Gasteiger partial charge on any atom is 0.288 e. The highest BCUT2D eigenvalue weighted by Crippen LogP contribution is 2.16. The van der Waals surface area contributed by atoms with E-state index < -0.39 is 10.8 Å². The molecule has 0 bridgehead atoms. The van der Waals surface area contributed by atoms with Crippen LogP contribution in [0.1, 0.15) is 15.4 Å². The maximum absolute atomic E-state index is 11.9. The molecule has 0 atom stereocenters. The summed E-state index contributed by atoms with van der Waals surface area (Å²) in [6, 6.07) is 1.11. The highest BCUT2D eigenvalue weighted by Gasteiger charge is 2.16. The highest BCUT2D eigenvalue weighted by atomic mass is 32.1. The van der Waals surface area contributed by atoms with Crippen LogP contribution in [0.5, 0.6) is 0 Å². The zero-order valence-electron chi connectivity index (χ0n) is 10.3. The van der Waals surface area contributed by atoms with E-state index in [4.69, 9.17) is 5.73 Å². The number of pyridine rings is 1. The van der Waals surface area contributed by atoms with Crippen LogP contribution in [-0.2, 0) is 6.42 Å². The minimum atomic E-state index is -0.626. The van der Waals surface area contributed by atoms with Gasteiger partial charge in [-0.1, -0.05) is 0 Å². The molecule has 0 aliphatic carbocycles. The topological polar surface area (TPSA) is 124 Å². The molecule has 2 heterocycles. The normalized spacial score (nSPS) is 10.2. The van der Waals surface area contributed by atoms with E-state index in [2.05, 4.69) is 15.3 Å². The van der Waals surface area contributed by atoms with Crippen molar-refractivity contribution in [1.82, 2.24) is 15.3 Å². The number of hydrogen-bond donors (Lipinski definition) is 2. The average Bonchev–Trinajstić information content (AvgIpc) is 2.92. The fourth-order valence-corrected chi connectivity index (χ4v) is 2.12. The first kappa shape index (κ1) is 13.9. The standard InChI is InChI=1S/C11H11N5O3S/c12-10-8(5-7(6-15-10)16(18)19)11(17)14-2-1-9-13-3-4-20-9/h3-6H,1-2H2,(H2,12,15)(H,14,17). The van der Waals surface area contributed by atoms with E-state index in [1.165, 1.54) is 11.3 Å². The largest absolute Gasteiger partial charge is 0.383 e. The summed E-state index contributed by atoms with van der Waals surface area (Å²) in [5, 5.41) is 16.0. The molecule has 0 aliphatic heterocycles. The van der Waals surface area contributed by atoms with Crippen LogP contribution < -0.4 is 11.1 Å². The van der Waals surface area contributed by atoms with E-state index in [0.717, 1.165) is 17.3 Å². The Hall–Kier alpha value is -2.55. The van der Waals surface area contributed by atoms with Crippen molar-refractivity contribution in [2.45, 2.75) is 6.42 Å². The van der Waals surface area contributed by atoms with Crippen LogP contribution in [0.15, 0.2) is 23.8 Å². The molecule has 9 heteroatoms. The van der Waals surface area contributed by atoms with Crippen LogP contribution in [0.3, 0.4) is 0 Å². The Morgan fingerprint density at radius 3 is 2.95 bits per heavy atom. The minimum absolute atomic E-state index is 0.00154. The summed E-state index contributed by atoms with van der Waals surface area (Å²) in [5.74, 6) is -0.530. The summed E-state index contributed by atoms with van der Waals surface area (Å²) in [6.07, 6.45) is 3.29. The number of aromatic nitrogens is 2. The summed E-state index contributed by atoms with van der Waals surface area (Å²) in [5.41, 5.74) is 5.28. The number of nitro groups is 1. The Morgan fingerprint density at radius 2 is 2.30 bits per heavy atom. The molecule has 0 spiro atoms. The van der Waals surface area contributed by atoms with Crippen molar-refractivity contribution in [3.05, 3.63) is 44.5 Å². The molecule has 0 aromatic carbocycles. The molecule has 8 nitrogen and oxygen atoms in total. The van der Waals surface area contributed by atoms with Gasteiger partial charge in [0.1, 0.15) is 12.0 Å². The van der Waals surface area contributed by atoms with Crippen molar-refractivity contribution in [1.29, 1.82) is 0 Å². The molecule has 0 radical (unpaired) electrons. The van der Waals surface area contributed by atoms with Crippen molar-refractivity contribution in [3.63, 3.8) is 0 Å². The fourth-order valence-electron chi connectivity index (χ4n) is 1.50. The summed E-state index contributed by atoms with van der Waals surface area (Å²) in [4.78, 5) is 29.6. The summed E-state index contributed by atoms with van der Waals surface area (Å²) < 4.78 is 0. The van der Waals surface area contributed by atoms with Gasteiger partial charge in [-0.25, -0.2) is 9.97 Å². The second-order valence-corrected chi connectivity index (χ2v) is 4.79. The first-order valence-electron chi connectivity index (χ1n) is 5.64. The highest BCUT2D eigenvalue weighted by molar-refractivity contribution is 7.09. The lowest BCUT2D eigenvalue weighted by Gasteiger charge is -2.05. The molecule has 3 N–H and O–H groups in total. The van der Waals surface area contributed by atoms with E-state index in [9.17, 15) is 14.9 Å². The Morgan fingerprint density at radius 1 is 1.50 bits per heavy atom. The van der Waals surface area contributed by atoms with E-state index in [-0.39, 0.29) is 17.1 Å². The van der Waals surface area contributed by atoms with Crippen LogP contribution >= 0.6 is 11.3 Å². The maximum atomic E-state index is 11.9. The number of nitrogen functional groups attached to an aromatic ring is 1. The van der Waals surface area contributed by atoms with E-state index in [0.29, 0.717) is 13.0 Å². The van der Waals surface area contributed by atoms with Crippen LogP contribution in [0, 0.1) is 10.1 Å². The van der Waals surface area contributed by atoms with E-state index >= 15 is 0 Å². The number of hydrogen-bond acceptors (Lipinski definition) is 7. The molecule has 0 aliphatic rings. The monoisotopic (exact) mass is 293 g/mol. The SMILES string of the molecule is Nc1ncc([N+](=O)[O-])cc1C(=O)NCCc1nccs1. The third kappa shape index (κ3) is 3.26. The number of thiazole rings is 1. The third-order valence-electron chi connectivity index (χ3n) is 2.47. The van der Waals surface area contributed by atoms with Crippen molar-refractivity contribution < 1.29 is 9.72 Å². The van der Waals surface area contributed by atoms with E-state index in [1.807, 2.05) is 5.38 Å². The lowest BCUT2D eigenvalue weighted by Crippen LogP contribution is -2.26. The summed E-state index contributed by atoms with van der Waals surface area (Å²) >= 11 is 1.49. The molecule has 104 valence electrons. The second kappa shape index (κ2) is 6.06. The molecule has 2 aromatic rings. The molecular formula is C11H11N5O3S. The number of carbonyl (C=O) groups is 1. The van der Waals surface area contributed by atoms with Gasteiger partial charge in [-0.3, -0.25) is 14.9 Å². The summed E-state index contributed by atoms with van der Waals surface area (Å²) in [6.45, 7) is 0.370.